The van der Waals surface area contributed by atoms with Crippen molar-refractivity contribution >= 4 is 57.6 Å². The molecule has 2 rings (SSSR count). The maximum Gasteiger partial charge on any atom is 0.303 e. The van der Waals surface area contributed by atoms with Gasteiger partial charge >= 0.3 is 5.97 Å². The van der Waals surface area contributed by atoms with Gasteiger partial charge in [0.05, 0.1) is 4.91 Å². The maximum absolute atomic E-state index is 12.2. The van der Waals surface area contributed by atoms with Crippen LogP contribution in [0, 0.1) is 6.92 Å². The molecule has 4 nitrogen and oxygen atoms in total. The van der Waals surface area contributed by atoms with Gasteiger partial charge in [-0.25, -0.2) is 0 Å². The molecule has 1 amide bonds. The van der Waals surface area contributed by atoms with Gasteiger partial charge in [-0.2, -0.15) is 0 Å². The maximum atomic E-state index is 12.2. The number of hydrogen-bond acceptors (Lipinski definition) is 5. The number of thiocarbonyl (C=S) groups is 1. The number of amides is 1. The highest BCUT2D eigenvalue weighted by Crippen LogP contribution is 2.34. The van der Waals surface area contributed by atoms with Gasteiger partial charge in [-0.15, -0.1) is 11.3 Å². The fourth-order valence-electron chi connectivity index (χ4n) is 1.73. The molecule has 7 heteroatoms. The molecule has 0 saturated carbocycles. The van der Waals surface area contributed by atoms with Gasteiger partial charge in [-0.05, 0) is 36.4 Å². The van der Waals surface area contributed by atoms with Gasteiger partial charge in [0.2, 0.25) is 0 Å². The Balaban J connectivity index is 2.07. The Morgan fingerprint density at radius 2 is 2.30 bits per heavy atom. The number of carboxylic acid groups (broad SMARTS) is 1. The first-order valence-corrected chi connectivity index (χ1v) is 8.10. The summed E-state index contributed by atoms with van der Waals surface area (Å²) in [6.45, 7) is 2.35. The molecule has 1 N–H and O–H groups in total. The molecular weight excluding hydrogens is 314 g/mol. The molecule has 1 fully saturated rings. The molecule has 1 aliphatic heterocycles. The van der Waals surface area contributed by atoms with Gasteiger partial charge in [-0.1, -0.05) is 24.0 Å². The standard InChI is InChI=1S/C13H13NO3S3/c1-8-4-6-19-9(8)7-10-12(17)14(13(18)20-10)5-2-3-11(15)16/h4,6-7H,2-3,5H2,1H3,(H,15,16)/b10-7-. The minimum absolute atomic E-state index is 0.0418. The first kappa shape index (κ1) is 15.2. The summed E-state index contributed by atoms with van der Waals surface area (Å²) in [5.41, 5.74) is 1.13. The zero-order valence-corrected chi connectivity index (χ0v) is 13.2. The molecule has 1 aromatic rings. The molecule has 0 radical (unpaired) electrons. The van der Waals surface area contributed by atoms with Crippen molar-refractivity contribution in [2.75, 3.05) is 6.54 Å². The van der Waals surface area contributed by atoms with E-state index in [0.29, 0.717) is 22.2 Å². The SMILES string of the molecule is Cc1ccsc1/C=C1\SC(=S)N(CCCC(=O)O)C1=O. The fraction of sp³-hybridized carbons (Fsp3) is 0.308. The molecule has 1 aliphatic rings. The Labute approximate surface area is 130 Å². The van der Waals surface area contributed by atoms with E-state index in [2.05, 4.69) is 0 Å². The molecule has 1 aromatic heterocycles. The third-order valence-electron chi connectivity index (χ3n) is 2.81. The Bertz CT molecular complexity index is 591. The summed E-state index contributed by atoms with van der Waals surface area (Å²) in [4.78, 5) is 25.9. The lowest BCUT2D eigenvalue weighted by Crippen LogP contribution is -2.29. The Morgan fingerprint density at radius 3 is 2.90 bits per heavy atom. The fourth-order valence-corrected chi connectivity index (χ4v) is 3.96. The van der Waals surface area contributed by atoms with Crippen molar-refractivity contribution in [1.82, 2.24) is 4.90 Å². The van der Waals surface area contributed by atoms with Crippen molar-refractivity contribution < 1.29 is 14.7 Å². The second kappa shape index (κ2) is 6.51. The lowest BCUT2D eigenvalue weighted by atomic mass is 10.2. The van der Waals surface area contributed by atoms with E-state index in [1.54, 1.807) is 11.3 Å². The van der Waals surface area contributed by atoms with E-state index in [4.69, 9.17) is 17.3 Å². The molecule has 20 heavy (non-hydrogen) atoms. The smallest absolute Gasteiger partial charge is 0.303 e. The zero-order valence-electron chi connectivity index (χ0n) is 10.8. The van der Waals surface area contributed by atoms with Crippen LogP contribution in [0.1, 0.15) is 23.3 Å². The summed E-state index contributed by atoms with van der Waals surface area (Å²) in [6.07, 6.45) is 2.31. The van der Waals surface area contributed by atoms with Crippen LogP contribution in [0.5, 0.6) is 0 Å². The predicted octanol–water partition coefficient (Wildman–Crippen LogP) is 3.12. The van der Waals surface area contributed by atoms with Crippen LogP contribution in [0.4, 0.5) is 0 Å². The lowest BCUT2D eigenvalue weighted by Gasteiger charge is -2.13. The molecule has 0 bridgehead atoms. The first-order valence-electron chi connectivity index (χ1n) is 6.00. The normalized spacial score (nSPS) is 17.2. The quantitative estimate of drug-likeness (QED) is 0.665. The van der Waals surface area contributed by atoms with Crippen LogP contribution in [0.2, 0.25) is 0 Å². The first-order chi connectivity index (χ1) is 9.49. The average Bonchev–Trinajstić information content (AvgIpc) is 2.88. The molecular formula is C13H13NO3S3. The Kier molecular flexibility index (Phi) is 4.95. The molecule has 0 aromatic carbocycles. The Hall–Kier alpha value is -1.18. The molecule has 106 valence electrons. The minimum Gasteiger partial charge on any atom is -0.481 e. The number of thioether (sulfide) groups is 1. The molecule has 0 unspecified atom stereocenters. The molecule has 0 aliphatic carbocycles. The third-order valence-corrected chi connectivity index (χ3v) is 5.15. The van der Waals surface area contributed by atoms with Crippen molar-refractivity contribution in [3.05, 3.63) is 26.8 Å². The van der Waals surface area contributed by atoms with E-state index in [1.165, 1.54) is 16.7 Å². The van der Waals surface area contributed by atoms with Crippen molar-refractivity contribution in [2.24, 2.45) is 0 Å². The van der Waals surface area contributed by atoms with E-state index in [9.17, 15) is 9.59 Å². The van der Waals surface area contributed by atoms with Crippen molar-refractivity contribution in [3.8, 4) is 0 Å². The van der Waals surface area contributed by atoms with Crippen molar-refractivity contribution in [2.45, 2.75) is 19.8 Å². The van der Waals surface area contributed by atoms with Gasteiger partial charge in [0.25, 0.3) is 5.91 Å². The summed E-state index contributed by atoms with van der Waals surface area (Å²) in [5.74, 6) is -0.988. The number of aryl methyl sites for hydroxylation is 1. The van der Waals surface area contributed by atoms with E-state index < -0.39 is 5.97 Å². The third kappa shape index (κ3) is 3.47. The number of thiophene rings is 1. The van der Waals surface area contributed by atoms with Gasteiger partial charge < -0.3 is 5.11 Å². The number of carbonyl (C=O) groups is 2. The molecule has 0 atom stereocenters. The van der Waals surface area contributed by atoms with Crippen LogP contribution in [-0.4, -0.2) is 32.7 Å². The second-order valence-corrected chi connectivity index (χ2v) is 6.92. The second-order valence-electron chi connectivity index (χ2n) is 4.30. The molecule has 0 spiro atoms. The van der Waals surface area contributed by atoms with Crippen molar-refractivity contribution in [1.29, 1.82) is 0 Å². The van der Waals surface area contributed by atoms with Crippen LogP contribution < -0.4 is 0 Å². The highest BCUT2D eigenvalue weighted by Gasteiger charge is 2.31. The number of carboxylic acids is 1. The predicted molar refractivity (Wildman–Crippen MR) is 85.8 cm³/mol. The Morgan fingerprint density at radius 1 is 1.55 bits per heavy atom. The summed E-state index contributed by atoms with van der Waals surface area (Å²) in [5, 5.41) is 10.6. The zero-order chi connectivity index (χ0) is 14.7. The minimum atomic E-state index is -0.861. The summed E-state index contributed by atoms with van der Waals surface area (Å²) in [7, 11) is 0. The topological polar surface area (TPSA) is 57.6 Å². The summed E-state index contributed by atoms with van der Waals surface area (Å²) < 4.78 is 0.501. The molecule has 1 saturated heterocycles. The number of aliphatic carboxylic acids is 1. The molecule has 2 heterocycles. The summed E-state index contributed by atoms with van der Waals surface area (Å²) >= 11 is 8.04. The van der Waals surface area contributed by atoms with E-state index in [-0.39, 0.29) is 12.3 Å². The van der Waals surface area contributed by atoms with Crippen LogP contribution in [0.15, 0.2) is 16.4 Å². The average molecular weight is 327 g/mol. The van der Waals surface area contributed by atoms with Gasteiger partial charge in [0, 0.05) is 17.8 Å². The largest absolute Gasteiger partial charge is 0.481 e. The summed E-state index contributed by atoms with van der Waals surface area (Å²) in [6, 6.07) is 2.00. The van der Waals surface area contributed by atoms with Crippen LogP contribution in [0.3, 0.4) is 0 Å². The van der Waals surface area contributed by atoms with E-state index in [1.807, 2.05) is 24.4 Å². The van der Waals surface area contributed by atoms with Gasteiger partial charge in [0.1, 0.15) is 4.32 Å². The number of hydrogen-bond donors (Lipinski definition) is 1. The van der Waals surface area contributed by atoms with E-state index in [0.717, 1.165) is 10.4 Å². The number of nitrogens with zero attached hydrogens (tertiary/aromatic N) is 1. The van der Waals surface area contributed by atoms with Gasteiger partial charge in [0.15, 0.2) is 0 Å². The highest BCUT2D eigenvalue weighted by atomic mass is 32.2. The van der Waals surface area contributed by atoms with E-state index >= 15 is 0 Å². The lowest BCUT2D eigenvalue weighted by molar-refractivity contribution is -0.137. The van der Waals surface area contributed by atoms with Gasteiger partial charge in [-0.3, -0.25) is 14.5 Å². The van der Waals surface area contributed by atoms with Crippen molar-refractivity contribution in [3.63, 3.8) is 0 Å². The van der Waals surface area contributed by atoms with Crippen LogP contribution in [-0.2, 0) is 9.59 Å². The number of carbonyl (C=O) groups excluding carboxylic acids is 1. The monoisotopic (exact) mass is 327 g/mol. The van der Waals surface area contributed by atoms with Crippen LogP contribution >= 0.6 is 35.3 Å². The number of rotatable bonds is 5. The van der Waals surface area contributed by atoms with Crippen LogP contribution in [0.25, 0.3) is 6.08 Å². The highest BCUT2D eigenvalue weighted by molar-refractivity contribution is 8.26.